The molecule has 0 aliphatic carbocycles. The molecule has 0 spiro atoms. The highest BCUT2D eigenvalue weighted by Gasteiger charge is 2.36. The number of carbonyl (C=O) groups excluding carboxylic acids is 2. The van der Waals surface area contributed by atoms with Crippen LogP contribution in [0.25, 0.3) is 0 Å². The molecule has 2 aliphatic rings. The summed E-state index contributed by atoms with van der Waals surface area (Å²) in [5.74, 6) is -2.59. The summed E-state index contributed by atoms with van der Waals surface area (Å²) in [7, 11) is -4.37. The highest BCUT2D eigenvalue weighted by molar-refractivity contribution is 7.89. The van der Waals surface area contributed by atoms with Crippen LogP contribution in [0.3, 0.4) is 0 Å². The Balaban J connectivity index is 1.46. The molecule has 0 saturated carbocycles. The first-order valence-corrected chi connectivity index (χ1v) is 12.2. The average Bonchev–Trinajstić information content (AvgIpc) is 2.79. The Morgan fingerprint density at radius 2 is 1.58 bits per heavy atom. The lowest BCUT2D eigenvalue weighted by Gasteiger charge is -2.39. The number of sulfonamides is 1. The highest BCUT2D eigenvalue weighted by atomic mass is 32.2. The van der Waals surface area contributed by atoms with Crippen LogP contribution in [0.1, 0.15) is 30.5 Å². The number of fused-ring (bicyclic) bond motifs is 1. The van der Waals surface area contributed by atoms with Crippen molar-refractivity contribution in [2.75, 3.05) is 32.7 Å². The molecule has 2 aromatic rings. The summed E-state index contributed by atoms with van der Waals surface area (Å²) in [6, 6.07) is 10.3. The van der Waals surface area contributed by atoms with E-state index in [-0.39, 0.29) is 50.5 Å². The SMILES string of the molecule is CC(=O)N1CCc2ccccc2C1CC(=O)N1CCN(S(=O)(=O)c2c(F)cccc2F)CC1. The van der Waals surface area contributed by atoms with Crippen LogP contribution in [-0.4, -0.2) is 67.1 Å². The number of benzene rings is 2. The van der Waals surface area contributed by atoms with Gasteiger partial charge in [0.2, 0.25) is 21.8 Å². The predicted molar refractivity (Wildman–Crippen MR) is 117 cm³/mol. The van der Waals surface area contributed by atoms with E-state index in [1.807, 2.05) is 24.3 Å². The van der Waals surface area contributed by atoms with Crippen molar-refractivity contribution in [1.82, 2.24) is 14.1 Å². The maximum Gasteiger partial charge on any atom is 0.249 e. The number of rotatable bonds is 4. The summed E-state index contributed by atoms with van der Waals surface area (Å²) >= 11 is 0. The van der Waals surface area contributed by atoms with E-state index in [9.17, 15) is 26.8 Å². The van der Waals surface area contributed by atoms with Gasteiger partial charge in [0.1, 0.15) is 11.6 Å². The molecule has 0 radical (unpaired) electrons. The first-order valence-electron chi connectivity index (χ1n) is 10.8. The van der Waals surface area contributed by atoms with Gasteiger partial charge >= 0.3 is 0 Å². The van der Waals surface area contributed by atoms with Crippen LogP contribution in [0.4, 0.5) is 8.78 Å². The number of halogens is 2. The largest absolute Gasteiger partial charge is 0.340 e. The maximum atomic E-state index is 14.0. The van der Waals surface area contributed by atoms with Crippen molar-refractivity contribution >= 4 is 21.8 Å². The van der Waals surface area contributed by atoms with Gasteiger partial charge < -0.3 is 9.80 Å². The number of nitrogens with zero attached hydrogens (tertiary/aromatic N) is 3. The van der Waals surface area contributed by atoms with Crippen LogP contribution in [0.2, 0.25) is 0 Å². The average molecular weight is 478 g/mol. The quantitative estimate of drug-likeness (QED) is 0.677. The fraction of sp³-hybridized carbons (Fsp3) is 0.391. The van der Waals surface area contributed by atoms with Crippen LogP contribution < -0.4 is 0 Å². The van der Waals surface area contributed by atoms with Gasteiger partial charge in [0.05, 0.1) is 12.5 Å². The molecule has 2 heterocycles. The number of piperazine rings is 1. The fourth-order valence-electron chi connectivity index (χ4n) is 4.58. The van der Waals surface area contributed by atoms with Gasteiger partial charge in [0.25, 0.3) is 0 Å². The fourth-order valence-corrected chi connectivity index (χ4v) is 6.11. The second-order valence-corrected chi connectivity index (χ2v) is 10.1. The molecular weight excluding hydrogens is 452 g/mol. The Kier molecular flexibility index (Phi) is 6.49. The van der Waals surface area contributed by atoms with E-state index in [1.54, 1.807) is 9.80 Å². The van der Waals surface area contributed by atoms with E-state index >= 15 is 0 Å². The molecule has 2 aliphatic heterocycles. The number of hydrogen-bond acceptors (Lipinski definition) is 4. The molecule has 4 rings (SSSR count). The molecule has 0 aromatic heterocycles. The van der Waals surface area contributed by atoms with E-state index in [4.69, 9.17) is 0 Å². The summed E-state index contributed by atoms with van der Waals surface area (Å²) in [4.78, 5) is 27.5. The standard InChI is InChI=1S/C23H25F2N3O4S/c1-16(29)28-10-9-17-5-2-3-6-18(17)21(28)15-22(30)26-11-13-27(14-12-26)33(31,32)23-19(24)7-4-8-20(23)25/h2-8,21H,9-15H2,1H3. The second-order valence-electron chi connectivity index (χ2n) is 8.22. The summed E-state index contributed by atoms with van der Waals surface area (Å²) in [5, 5.41) is 0. The molecule has 33 heavy (non-hydrogen) atoms. The van der Waals surface area contributed by atoms with Crippen LogP contribution in [0, 0.1) is 11.6 Å². The molecule has 7 nitrogen and oxygen atoms in total. The molecule has 176 valence electrons. The smallest absolute Gasteiger partial charge is 0.249 e. The Labute approximate surface area is 191 Å². The Morgan fingerprint density at radius 1 is 0.939 bits per heavy atom. The second kappa shape index (κ2) is 9.18. The van der Waals surface area contributed by atoms with Crippen molar-refractivity contribution in [2.24, 2.45) is 0 Å². The number of amides is 2. The van der Waals surface area contributed by atoms with E-state index in [0.717, 1.165) is 40.1 Å². The summed E-state index contributed by atoms with van der Waals surface area (Å²) < 4.78 is 54.6. The molecule has 0 bridgehead atoms. The van der Waals surface area contributed by atoms with Crippen LogP contribution >= 0.6 is 0 Å². The molecule has 2 aromatic carbocycles. The minimum atomic E-state index is -4.37. The zero-order valence-electron chi connectivity index (χ0n) is 18.2. The van der Waals surface area contributed by atoms with Crippen molar-refractivity contribution in [3.05, 3.63) is 65.2 Å². The third-order valence-corrected chi connectivity index (χ3v) is 8.24. The normalized spacial score (nSPS) is 19.3. The lowest BCUT2D eigenvalue weighted by molar-refractivity contribution is -0.137. The summed E-state index contributed by atoms with van der Waals surface area (Å²) in [5.41, 5.74) is 2.05. The first kappa shape index (κ1) is 23.3. The maximum absolute atomic E-state index is 14.0. The minimum absolute atomic E-state index is 0.0699. The minimum Gasteiger partial charge on any atom is -0.340 e. The Morgan fingerprint density at radius 3 is 2.21 bits per heavy atom. The Hall–Kier alpha value is -2.85. The van der Waals surface area contributed by atoms with Gasteiger partial charge in [0.15, 0.2) is 4.90 Å². The van der Waals surface area contributed by atoms with Gasteiger partial charge in [-0.25, -0.2) is 17.2 Å². The van der Waals surface area contributed by atoms with E-state index in [0.29, 0.717) is 6.54 Å². The highest BCUT2D eigenvalue weighted by Crippen LogP contribution is 2.33. The van der Waals surface area contributed by atoms with Crippen molar-refractivity contribution in [3.8, 4) is 0 Å². The van der Waals surface area contributed by atoms with Gasteiger partial charge in [-0.15, -0.1) is 0 Å². The topological polar surface area (TPSA) is 78.0 Å². The van der Waals surface area contributed by atoms with Gasteiger partial charge in [-0.1, -0.05) is 30.3 Å². The molecule has 1 saturated heterocycles. The molecule has 0 N–H and O–H groups in total. The first-order chi connectivity index (χ1) is 15.7. The zero-order chi connectivity index (χ0) is 23.8. The Bertz CT molecular complexity index is 1160. The molecule has 1 fully saturated rings. The number of hydrogen-bond donors (Lipinski definition) is 0. The van der Waals surface area contributed by atoms with Crippen LogP contribution in [0.5, 0.6) is 0 Å². The molecule has 1 unspecified atom stereocenters. The van der Waals surface area contributed by atoms with Gasteiger partial charge in [-0.3, -0.25) is 9.59 Å². The third-order valence-electron chi connectivity index (χ3n) is 6.29. The van der Waals surface area contributed by atoms with Gasteiger partial charge in [0, 0.05) is 39.6 Å². The summed E-state index contributed by atoms with van der Waals surface area (Å²) in [6.07, 6.45) is 0.814. The molecule has 2 amide bonds. The van der Waals surface area contributed by atoms with E-state index in [2.05, 4.69) is 0 Å². The van der Waals surface area contributed by atoms with E-state index in [1.165, 1.54) is 6.92 Å². The number of carbonyl (C=O) groups is 2. The lowest BCUT2D eigenvalue weighted by Crippen LogP contribution is -2.51. The molecule has 1 atom stereocenters. The monoisotopic (exact) mass is 477 g/mol. The van der Waals surface area contributed by atoms with Gasteiger partial charge in [-0.05, 0) is 29.7 Å². The van der Waals surface area contributed by atoms with Gasteiger partial charge in [-0.2, -0.15) is 4.31 Å². The lowest BCUT2D eigenvalue weighted by atomic mass is 9.90. The third kappa shape index (κ3) is 4.49. The van der Waals surface area contributed by atoms with Crippen LogP contribution in [-0.2, 0) is 26.0 Å². The van der Waals surface area contributed by atoms with Crippen molar-refractivity contribution in [2.45, 2.75) is 30.7 Å². The molecular formula is C23H25F2N3O4S. The van der Waals surface area contributed by atoms with Crippen molar-refractivity contribution < 1.29 is 26.8 Å². The zero-order valence-corrected chi connectivity index (χ0v) is 19.0. The predicted octanol–water partition coefficient (Wildman–Crippen LogP) is 2.33. The molecule has 10 heteroatoms. The summed E-state index contributed by atoms with van der Waals surface area (Å²) in [6.45, 7) is 2.07. The van der Waals surface area contributed by atoms with Crippen molar-refractivity contribution in [3.63, 3.8) is 0 Å². The van der Waals surface area contributed by atoms with E-state index < -0.39 is 26.6 Å². The van der Waals surface area contributed by atoms with Crippen LogP contribution in [0.15, 0.2) is 47.4 Å². The van der Waals surface area contributed by atoms with Crippen molar-refractivity contribution in [1.29, 1.82) is 0 Å².